The zero-order valence-electron chi connectivity index (χ0n) is 15.0. The summed E-state index contributed by atoms with van der Waals surface area (Å²) in [6.45, 7) is 9.66. The molecule has 2 aliphatic rings. The predicted molar refractivity (Wildman–Crippen MR) is 92.8 cm³/mol. The van der Waals surface area contributed by atoms with Gasteiger partial charge in [-0.15, -0.1) is 5.10 Å². The lowest BCUT2D eigenvalue weighted by molar-refractivity contribution is 0.239. The second-order valence-corrected chi connectivity index (χ2v) is 10.2. The van der Waals surface area contributed by atoms with Crippen molar-refractivity contribution < 1.29 is 8.42 Å². The van der Waals surface area contributed by atoms with Gasteiger partial charge in [0.1, 0.15) is 0 Å². The van der Waals surface area contributed by atoms with Gasteiger partial charge in [0, 0.05) is 38.9 Å². The minimum atomic E-state index is -3.09. The van der Waals surface area contributed by atoms with Crippen LogP contribution in [0.5, 0.6) is 0 Å². The molecule has 3 rings (SSSR count). The van der Waals surface area contributed by atoms with Crippen LogP contribution in [-0.4, -0.2) is 65.1 Å². The number of aromatic nitrogens is 3. The predicted octanol–water partition coefficient (Wildman–Crippen LogP) is 1.18. The lowest BCUT2D eigenvalue weighted by atomic mass is 9.93. The number of sulfonamides is 1. The minimum absolute atomic E-state index is 0.314. The van der Waals surface area contributed by atoms with Crippen LogP contribution in [-0.2, 0) is 23.1 Å². The molecule has 7 nitrogen and oxygen atoms in total. The molecule has 1 aromatic heterocycles. The van der Waals surface area contributed by atoms with Crippen molar-refractivity contribution in [1.29, 1.82) is 0 Å². The van der Waals surface area contributed by atoms with Crippen molar-refractivity contribution in [1.82, 2.24) is 24.2 Å². The van der Waals surface area contributed by atoms with Gasteiger partial charge < -0.3 is 0 Å². The van der Waals surface area contributed by atoms with E-state index in [4.69, 9.17) is 0 Å². The average Bonchev–Trinajstić information content (AvgIpc) is 3.05. The van der Waals surface area contributed by atoms with E-state index in [9.17, 15) is 8.42 Å². The standard InChI is InChI=1S/C16H29N5O2S/c1-16(2)6-8-19(13-16)11-15-12-20(18-17-15)9-14-5-4-7-21(10-14)24(3,22)23/h12,14H,4-11,13H2,1-3H3/t14-/m0/s1. The van der Waals surface area contributed by atoms with Gasteiger partial charge in [0.05, 0.1) is 11.9 Å². The maximum Gasteiger partial charge on any atom is 0.211 e. The van der Waals surface area contributed by atoms with Crippen molar-refractivity contribution in [2.75, 3.05) is 32.4 Å². The fraction of sp³-hybridized carbons (Fsp3) is 0.875. The minimum Gasteiger partial charge on any atom is -0.297 e. The molecule has 3 heterocycles. The van der Waals surface area contributed by atoms with Gasteiger partial charge in [0.15, 0.2) is 0 Å². The van der Waals surface area contributed by atoms with Crippen molar-refractivity contribution in [3.8, 4) is 0 Å². The van der Waals surface area contributed by atoms with Gasteiger partial charge in [-0.25, -0.2) is 12.7 Å². The zero-order chi connectivity index (χ0) is 17.4. The molecular formula is C16H29N5O2S. The molecule has 1 aromatic rings. The monoisotopic (exact) mass is 355 g/mol. The first kappa shape index (κ1) is 17.8. The van der Waals surface area contributed by atoms with E-state index in [1.807, 2.05) is 10.9 Å². The zero-order valence-corrected chi connectivity index (χ0v) is 15.8. The van der Waals surface area contributed by atoms with Gasteiger partial charge in [-0.2, -0.15) is 0 Å². The van der Waals surface area contributed by atoms with Crippen LogP contribution < -0.4 is 0 Å². The van der Waals surface area contributed by atoms with Gasteiger partial charge >= 0.3 is 0 Å². The van der Waals surface area contributed by atoms with Crippen LogP contribution in [0.15, 0.2) is 6.20 Å². The fourth-order valence-electron chi connectivity index (χ4n) is 3.83. The van der Waals surface area contributed by atoms with Crippen LogP contribution in [0.2, 0.25) is 0 Å². The van der Waals surface area contributed by atoms with E-state index in [1.165, 1.54) is 12.7 Å². The van der Waals surface area contributed by atoms with Crippen LogP contribution in [0.25, 0.3) is 0 Å². The molecule has 1 atom stereocenters. The summed E-state index contributed by atoms with van der Waals surface area (Å²) in [5.74, 6) is 0.314. The smallest absolute Gasteiger partial charge is 0.211 e. The van der Waals surface area contributed by atoms with E-state index in [0.717, 1.165) is 44.7 Å². The van der Waals surface area contributed by atoms with Crippen molar-refractivity contribution in [3.63, 3.8) is 0 Å². The maximum atomic E-state index is 11.7. The molecule has 0 spiro atoms. The first-order valence-electron chi connectivity index (χ1n) is 8.78. The Bertz CT molecular complexity index is 670. The Balaban J connectivity index is 1.54. The largest absolute Gasteiger partial charge is 0.297 e. The van der Waals surface area contributed by atoms with Crippen molar-refractivity contribution in [2.24, 2.45) is 11.3 Å². The molecule has 2 aliphatic heterocycles. The first-order chi connectivity index (χ1) is 11.2. The lowest BCUT2D eigenvalue weighted by Gasteiger charge is -2.30. The molecule has 0 amide bonds. The van der Waals surface area contributed by atoms with E-state index in [-0.39, 0.29) is 0 Å². The molecule has 0 saturated carbocycles. The Kier molecular flexibility index (Phi) is 4.99. The third-order valence-corrected chi connectivity index (χ3v) is 6.39. The number of hydrogen-bond acceptors (Lipinski definition) is 5. The summed E-state index contributed by atoms with van der Waals surface area (Å²) >= 11 is 0. The van der Waals surface area contributed by atoms with Crippen LogP contribution in [0.3, 0.4) is 0 Å². The Morgan fingerprint density at radius 1 is 1.33 bits per heavy atom. The molecule has 0 N–H and O–H groups in total. The molecule has 2 fully saturated rings. The van der Waals surface area contributed by atoms with E-state index < -0.39 is 10.0 Å². The third-order valence-electron chi connectivity index (χ3n) is 5.12. The van der Waals surface area contributed by atoms with Crippen LogP contribution in [0.4, 0.5) is 0 Å². The molecule has 2 saturated heterocycles. The van der Waals surface area contributed by atoms with Gasteiger partial charge in [0.25, 0.3) is 0 Å². The number of rotatable bonds is 5. The summed E-state index contributed by atoms with van der Waals surface area (Å²) in [4.78, 5) is 2.43. The molecule has 24 heavy (non-hydrogen) atoms. The van der Waals surface area contributed by atoms with Crippen molar-refractivity contribution >= 4 is 10.0 Å². The maximum absolute atomic E-state index is 11.7. The molecule has 136 valence electrons. The Hall–Kier alpha value is -0.990. The fourth-order valence-corrected chi connectivity index (χ4v) is 4.77. The van der Waals surface area contributed by atoms with Crippen LogP contribution >= 0.6 is 0 Å². The Labute approximate surface area is 145 Å². The summed E-state index contributed by atoms with van der Waals surface area (Å²) < 4.78 is 26.9. The highest BCUT2D eigenvalue weighted by atomic mass is 32.2. The van der Waals surface area contributed by atoms with Gasteiger partial charge in [-0.1, -0.05) is 19.1 Å². The molecule has 0 bridgehead atoms. The number of hydrogen-bond donors (Lipinski definition) is 0. The number of piperidine rings is 1. The SMILES string of the molecule is CC1(C)CCN(Cc2cn(C[C@@H]3CCCN(S(C)(=O)=O)C3)nn2)C1. The van der Waals surface area contributed by atoms with Crippen LogP contribution in [0, 0.1) is 11.3 Å². The van der Waals surface area contributed by atoms with Crippen LogP contribution in [0.1, 0.15) is 38.8 Å². The van der Waals surface area contributed by atoms with Gasteiger partial charge in [0.2, 0.25) is 10.0 Å². The molecule has 0 radical (unpaired) electrons. The van der Waals surface area contributed by atoms with E-state index >= 15 is 0 Å². The number of nitrogens with zero attached hydrogens (tertiary/aromatic N) is 5. The quantitative estimate of drug-likeness (QED) is 0.793. The highest BCUT2D eigenvalue weighted by Crippen LogP contribution is 2.29. The topological polar surface area (TPSA) is 71.3 Å². The van der Waals surface area contributed by atoms with E-state index in [1.54, 1.807) is 4.31 Å². The Morgan fingerprint density at radius 2 is 2.12 bits per heavy atom. The van der Waals surface area contributed by atoms with E-state index in [0.29, 0.717) is 24.4 Å². The molecule has 8 heteroatoms. The lowest BCUT2D eigenvalue weighted by Crippen LogP contribution is -2.40. The van der Waals surface area contributed by atoms with Crippen molar-refractivity contribution in [2.45, 2.75) is 46.2 Å². The summed E-state index contributed by atoms with van der Waals surface area (Å²) in [5.41, 5.74) is 1.40. The van der Waals surface area contributed by atoms with Gasteiger partial charge in [-0.05, 0) is 37.1 Å². The summed E-state index contributed by atoms with van der Waals surface area (Å²) in [6, 6.07) is 0. The third kappa shape index (κ3) is 4.55. The van der Waals surface area contributed by atoms with E-state index in [2.05, 4.69) is 29.1 Å². The number of likely N-dealkylation sites (tertiary alicyclic amines) is 1. The summed E-state index contributed by atoms with van der Waals surface area (Å²) in [5, 5.41) is 8.55. The molecule has 0 unspecified atom stereocenters. The summed E-state index contributed by atoms with van der Waals surface area (Å²) in [7, 11) is -3.09. The van der Waals surface area contributed by atoms with Crippen molar-refractivity contribution in [3.05, 3.63) is 11.9 Å². The highest BCUT2D eigenvalue weighted by molar-refractivity contribution is 7.88. The average molecular weight is 356 g/mol. The highest BCUT2D eigenvalue weighted by Gasteiger charge is 2.30. The molecule has 0 aromatic carbocycles. The molecule has 0 aliphatic carbocycles. The summed E-state index contributed by atoms with van der Waals surface area (Å²) in [6.07, 6.45) is 6.50. The second kappa shape index (κ2) is 6.72. The first-order valence-corrected chi connectivity index (χ1v) is 10.6. The Morgan fingerprint density at radius 3 is 2.79 bits per heavy atom. The second-order valence-electron chi connectivity index (χ2n) is 8.19. The van der Waals surface area contributed by atoms with Gasteiger partial charge in [-0.3, -0.25) is 9.58 Å². The molecular weight excluding hydrogens is 326 g/mol. The normalized spacial score (nSPS) is 26.0.